The zero-order valence-electron chi connectivity index (χ0n) is 17.2. The lowest BCUT2D eigenvalue weighted by atomic mass is 9.87. The standard InChI is InChI=1S/C22H34N2O3/c1-5-18(15-23-22(26)27-4)21(25)24-11-9-19(10-12-24)20-8-6-7-17(14-20)13-16(2)3/h6-8,14,16,18-19H,5,9-13,15H2,1-4H3,(H,23,26). The van der Waals surface area contributed by atoms with Crippen molar-refractivity contribution in [3.8, 4) is 0 Å². The van der Waals surface area contributed by atoms with E-state index in [0.717, 1.165) is 32.4 Å². The van der Waals surface area contributed by atoms with E-state index >= 15 is 0 Å². The normalized spacial score (nSPS) is 16.3. The number of carbonyl (C=O) groups excluding carboxylic acids is 2. The van der Waals surface area contributed by atoms with Crippen LogP contribution in [-0.4, -0.2) is 43.6 Å². The summed E-state index contributed by atoms with van der Waals surface area (Å²) in [7, 11) is 1.33. The molecule has 1 aromatic carbocycles. The molecule has 1 heterocycles. The van der Waals surface area contributed by atoms with Crippen LogP contribution in [0, 0.1) is 11.8 Å². The number of amides is 2. The number of carbonyl (C=O) groups is 2. The summed E-state index contributed by atoms with van der Waals surface area (Å²) in [6.07, 6.45) is 3.33. The second kappa shape index (κ2) is 10.3. The maximum atomic E-state index is 12.8. The third-order valence-electron chi connectivity index (χ3n) is 5.39. The molecule has 150 valence electrons. The molecule has 1 atom stereocenters. The molecule has 0 aliphatic carbocycles. The van der Waals surface area contributed by atoms with Crippen molar-refractivity contribution in [3.05, 3.63) is 35.4 Å². The van der Waals surface area contributed by atoms with Gasteiger partial charge in [-0.05, 0) is 48.6 Å². The molecule has 0 aromatic heterocycles. The third kappa shape index (κ3) is 6.26. The Balaban J connectivity index is 1.90. The first-order valence-electron chi connectivity index (χ1n) is 10.1. The van der Waals surface area contributed by atoms with Gasteiger partial charge in [-0.25, -0.2) is 4.79 Å². The fourth-order valence-corrected chi connectivity index (χ4v) is 3.82. The fraction of sp³-hybridized carbons (Fsp3) is 0.636. The SMILES string of the molecule is CCC(CNC(=O)OC)C(=O)N1CCC(c2cccc(CC(C)C)c2)CC1. The Bertz CT molecular complexity index is 622. The van der Waals surface area contributed by atoms with Gasteiger partial charge in [0.15, 0.2) is 0 Å². The van der Waals surface area contributed by atoms with Gasteiger partial charge in [-0.15, -0.1) is 0 Å². The summed E-state index contributed by atoms with van der Waals surface area (Å²) in [6, 6.07) is 8.94. The second-order valence-electron chi connectivity index (χ2n) is 7.92. The third-order valence-corrected chi connectivity index (χ3v) is 5.39. The molecule has 0 radical (unpaired) electrons. The number of benzene rings is 1. The van der Waals surface area contributed by atoms with Crippen LogP contribution in [0.15, 0.2) is 24.3 Å². The van der Waals surface area contributed by atoms with Gasteiger partial charge >= 0.3 is 6.09 Å². The number of likely N-dealkylation sites (tertiary alicyclic amines) is 1. The Morgan fingerprint density at radius 2 is 1.96 bits per heavy atom. The Morgan fingerprint density at radius 1 is 1.26 bits per heavy atom. The molecular weight excluding hydrogens is 340 g/mol. The van der Waals surface area contributed by atoms with Crippen LogP contribution in [0.4, 0.5) is 4.79 Å². The first kappa shape index (κ1) is 21.3. The van der Waals surface area contributed by atoms with Gasteiger partial charge in [0.25, 0.3) is 0 Å². The lowest BCUT2D eigenvalue weighted by Crippen LogP contribution is -2.44. The lowest BCUT2D eigenvalue weighted by molar-refractivity contribution is -0.136. The molecule has 5 heteroatoms. The van der Waals surface area contributed by atoms with E-state index in [4.69, 9.17) is 0 Å². The molecule has 0 spiro atoms. The maximum absolute atomic E-state index is 12.8. The number of hydrogen-bond acceptors (Lipinski definition) is 3. The molecule has 2 rings (SSSR count). The van der Waals surface area contributed by atoms with Crippen molar-refractivity contribution in [1.82, 2.24) is 10.2 Å². The minimum absolute atomic E-state index is 0.140. The highest BCUT2D eigenvalue weighted by atomic mass is 16.5. The zero-order chi connectivity index (χ0) is 19.8. The van der Waals surface area contributed by atoms with Gasteiger partial charge in [0.1, 0.15) is 0 Å². The topological polar surface area (TPSA) is 58.6 Å². The quantitative estimate of drug-likeness (QED) is 0.785. The molecule has 0 bridgehead atoms. The smallest absolute Gasteiger partial charge is 0.406 e. The van der Waals surface area contributed by atoms with Crippen LogP contribution in [0.5, 0.6) is 0 Å². The number of piperidine rings is 1. The summed E-state index contributed by atoms with van der Waals surface area (Å²) in [5, 5.41) is 2.65. The van der Waals surface area contributed by atoms with Gasteiger partial charge in [0.2, 0.25) is 5.91 Å². The second-order valence-corrected chi connectivity index (χ2v) is 7.92. The summed E-state index contributed by atoms with van der Waals surface area (Å²) in [6.45, 7) is 8.37. The van der Waals surface area contributed by atoms with Crippen molar-refractivity contribution in [1.29, 1.82) is 0 Å². The van der Waals surface area contributed by atoms with Crippen LogP contribution in [0.2, 0.25) is 0 Å². The molecule has 1 aliphatic rings. The molecular formula is C22H34N2O3. The number of methoxy groups -OCH3 is 1. The van der Waals surface area contributed by atoms with Gasteiger partial charge in [-0.2, -0.15) is 0 Å². The van der Waals surface area contributed by atoms with Gasteiger partial charge in [0.05, 0.1) is 13.0 Å². The van der Waals surface area contributed by atoms with Crippen molar-refractivity contribution in [3.63, 3.8) is 0 Å². The van der Waals surface area contributed by atoms with Crippen LogP contribution in [0.25, 0.3) is 0 Å². The largest absolute Gasteiger partial charge is 0.453 e. The summed E-state index contributed by atoms with van der Waals surface area (Å²) in [5.74, 6) is 1.13. The van der Waals surface area contributed by atoms with E-state index in [-0.39, 0.29) is 11.8 Å². The Labute approximate surface area is 163 Å². The average Bonchev–Trinajstić information content (AvgIpc) is 2.67. The fourth-order valence-electron chi connectivity index (χ4n) is 3.82. The average molecular weight is 375 g/mol. The van der Waals surface area contributed by atoms with Crippen molar-refractivity contribution < 1.29 is 14.3 Å². The van der Waals surface area contributed by atoms with Gasteiger partial charge in [0, 0.05) is 19.6 Å². The lowest BCUT2D eigenvalue weighted by Gasteiger charge is -2.34. The van der Waals surface area contributed by atoms with Crippen LogP contribution in [0.3, 0.4) is 0 Å². The van der Waals surface area contributed by atoms with Gasteiger partial charge in [-0.1, -0.05) is 45.0 Å². The molecule has 1 N–H and O–H groups in total. The minimum atomic E-state index is -0.485. The molecule has 5 nitrogen and oxygen atoms in total. The monoisotopic (exact) mass is 374 g/mol. The molecule has 27 heavy (non-hydrogen) atoms. The van der Waals surface area contributed by atoms with E-state index in [9.17, 15) is 9.59 Å². The van der Waals surface area contributed by atoms with Crippen molar-refractivity contribution >= 4 is 12.0 Å². The van der Waals surface area contributed by atoms with Gasteiger partial charge in [-0.3, -0.25) is 4.79 Å². The molecule has 1 fully saturated rings. The van der Waals surface area contributed by atoms with Gasteiger partial charge < -0.3 is 15.0 Å². The number of alkyl carbamates (subject to hydrolysis) is 1. The minimum Gasteiger partial charge on any atom is -0.453 e. The van der Waals surface area contributed by atoms with E-state index in [1.54, 1.807) is 0 Å². The Hall–Kier alpha value is -2.04. The highest BCUT2D eigenvalue weighted by molar-refractivity contribution is 5.80. The van der Waals surface area contributed by atoms with E-state index in [1.807, 2.05) is 11.8 Å². The molecule has 1 unspecified atom stereocenters. The number of nitrogens with zero attached hydrogens (tertiary/aromatic N) is 1. The van der Waals surface area contributed by atoms with E-state index < -0.39 is 6.09 Å². The predicted molar refractivity (Wildman–Crippen MR) is 108 cm³/mol. The number of hydrogen-bond donors (Lipinski definition) is 1. The number of rotatable bonds is 7. The maximum Gasteiger partial charge on any atom is 0.406 e. The van der Waals surface area contributed by atoms with E-state index in [2.05, 4.69) is 48.2 Å². The summed E-state index contributed by atoms with van der Waals surface area (Å²) in [5.41, 5.74) is 2.81. The van der Waals surface area contributed by atoms with Crippen LogP contribution in [-0.2, 0) is 16.0 Å². The highest BCUT2D eigenvalue weighted by Crippen LogP contribution is 2.29. The van der Waals surface area contributed by atoms with Crippen molar-refractivity contribution in [2.75, 3.05) is 26.7 Å². The highest BCUT2D eigenvalue weighted by Gasteiger charge is 2.28. The Morgan fingerprint density at radius 3 is 2.56 bits per heavy atom. The molecule has 1 saturated heterocycles. The van der Waals surface area contributed by atoms with Crippen LogP contribution < -0.4 is 5.32 Å². The van der Waals surface area contributed by atoms with E-state index in [0.29, 0.717) is 24.8 Å². The summed E-state index contributed by atoms with van der Waals surface area (Å²) >= 11 is 0. The first-order valence-corrected chi connectivity index (χ1v) is 10.1. The van der Waals surface area contributed by atoms with E-state index in [1.165, 1.54) is 18.2 Å². The Kier molecular flexibility index (Phi) is 8.14. The zero-order valence-corrected chi connectivity index (χ0v) is 17.2. The number of nitrogens with one attached hydrogen (secondary N) is 1. The van der Waals surface area contributed by atoms with Crippen LogP contribution in [0.1, 0.15) is 57.1 Å². The molecule has 1 aromatic rings. The molecule has 1 aliphatic heterocycles. The van der Waals surface area contributed by atoms with Crippen molar-refractivity contribution in [2.45, 2.75) is 52.4 Å². The predicted octanol–water partition coefficient (Wildman–Crippen LogP) is 3.97. The molecule has 2 amide bonds. The van der Waals surface area contributed by atoms with Crippen LogP contribution >= 0.6 is 0 Å². The van der Waals surface area contributed by atoms with Crippen molar-refractivity contribution in [2.24, 2.45) is 11.8 Å². The summed E-state index contributed by atoms with van der Waals surface area (Å²) in [4.78, 5) is 26.0. The number of ether oxygens (including phenoxy) is 1. The molecule has 0 saturated carbocycles. The first-order chi connectivity index (χ1) is 12.9. The summed E-state index contributed by atoms with van der Waals surface area (Å²) < 4.78 is 4.59.